The van der Waals surface area contributed by atoms with Crippen molar-refractivity contribution in [3.8, 4) is 0 Å². The van der Waals surface area contributed by atoms with E-state index in [9.17, 15) is 4.79 Å². The van der Waals surface area contributed by atoms with E-state index in [0.717, 1.165) is 64.4 Å². The minimum absolute atomic E-state index is 0.287. The summed E-state index contributed by atoms with van der Waals surface area (Å²) in [5, 5.41) is 6.93. The molecule has 0 spiro atoms. The largest absolute Gasteiger partial charge is 0.357 e. The van der Waals surface area contributed by atoms with E-state index in [1.165, 1.54) is 38.8 Å². The first kappa shape index (κ1) is 23.0. The second-order valence-corrected chi connectivity index (χ2v) is 8.35. The van der Waals surface area contributed by atoms with Gasteiger partial charge in [-0.3, -0.25) is 9.79 Å². The van der Waals surface area contributed by atoms with Crippen LogP contribution < -0.4 is 10.6 Å². The Morgan fingerprint density at radius 1 is 1.07 bits per heavy atom. The van der Waals surface area contributed by atoms with Gasteiger partial charge in [0.05, 0.1) is 0 Å². The lowest BCUT2D eigenvalue weighted by Crippen LogP contribution is -2.45. The number of aliphatic imine (C=N–C) groups is 1. The zero-order valence-electron chi connectivity index (χ0n) is 18.5. The first-order chi connectivity index (χ1) is 13.7. The number of likely N-dealkylation sites (tertiary alicyclic amines) is 1. The summed E-state index contributed by atoms with van der Waals surface area (Å²) in [5.41, 5.74) is 0. The Labute approximate surface area is 172 Å². The van der Waals surface area contributed by atoms with E-state index in [1.807, 2.05) is 0 Å². The van der Waals surface area contributed by atoms with Crippen molar-refractivity contribution in [1.29, 1.82) is 0 Å². The van der Waals surface area contributed by atoms with Crippen LogP contribution in [0, 0.1) is 5.92 Å². The van der Waals surface area contributed by atoms with Crippen molar-refractivity contribution in [3.05, 3.63) is 0 Å². The minimum Gasteiger partial charge on any atom is -0.357 e. The number of guanidine groups is 1. The van der Waals surface area contributed by atoms with Crippen molar-refractivity contribution in [2.45, 2.75) is 78.2 Å². The lowest BCUT2D eigenvalue weighted by Gasteiger charge is -2.22. The number of carbonyl (C=O) groups excluding carboxylic acids is 1. The summed E-state index contributed by atoms with van der Waals surface area (Å²) in [5.74, 6) is 1.57. The van der Waals surface area contributed by atoms with Crippen molar-refractivity contribution < 1.29 is 4.79 Å². The molecule has 2 aliphatic rings. The Bertz CT molecular complexity index is 470. The fourth-order valence-corrected chi connectivity index (χ4v) is 4.48. The summed E-state index contributed by atoms with van der Waals surface area (Å²) in [6.07, 6.45) is 9.15. The fraction of sp³-hybridized carbons (Fsp3) is 0.909. The van der Waals surface area contributed by atoms with Gasteiger partial charge in [0, 0.05) is 38.1 Å². The molecule has 1 heterocycles. The maximum absolute atomic E-state index is 12.6. The van der Waals surface area contributed by atoms with Gasteiger partial charge in [-0.15, -0.1) is 0 Å². The van der Waals surface area contributed by atoms with Gasteiger partial charge in [0.1, 0.15) is 0 Å². The van der Waals surface area contributed by atoms with E-state index in [2.05, 4.69) is 41.2 Å². The van der Waals surface area contributed by atoms with Crippen LogP contribution in [0.3, 0.4) is 0 Å². The summed E-state index contributed by atoms with van der Waals surface area (Å²) < 4.78 is 0. The SMILES string of the molecule is CCCN(CCC)CCCN=C(NCC)NC1CCN(C(=O)C2CCCC2)C1. The predicted octanol–water partition coefficient (Wildman–Crippen LogP) is 2.84. The fourth-order valence-electron chi connectivity index (χ4n) is 4.48. The maximum atomic E-state index is 12.6. The number of hydrogen-bond donors (Lipinski definition) is 2. The van der Waals surface area contributed by atoms with Gasteiger partial charge in [0.2, 0.25) is 5.91 Å². The second kappa shape index (κ2) is 13.0. The van der Waals surface area contributed by atoms with Gasteiger partial charge >= 0.3 is 0 Å². The molecule has 0 bridgehead atoms. The molecule has 1 amide bonds. The van der Waals surface area contributed by atoms with Crippen LogP contribution in [0.1, 0.15) is 72.1 Å². The summed E-state index contributed by atoms with van der Waals surface area (Å²) in [6.45, 7) is 13.5. The standard InChI is InChI=1S/C22H43N5O/c1-4-14-26(15-5-2)16-9-13-24-22(23-6-3)25-20-12-17-27(18-20)21(28)19-10-7-8-11-19/h19-20H,4-18H2,1-3H3,(H2,23,24,25). The molecule has 0 radical (unpaired) electrons. The number of amides is 1. The zero-order valence-corrected chi connectivity index (χ0v) is 18.5. The van der Waals surface area contributed by atoms with Crippen molar-refractivity contribution in [2.75, 3.05) is 45.8 Å². The molecule has 0 aromatic carbocycles. The van der Waals surface area contributed by atoms with Crippen molar-refractivity contribution in [2.24, 2.45) is 10.9 Å². The topological polar surface area (TPSA) is 60.0 Å². The number of nitrogens with one attached hydrogen (secondary N) is 2. The van der Waals surface area contributed by atoms with Gasteiger partial charge in [-0.2, -0.15) is 0 Å². The van der Waals surface area contributed by atoms with Gasteiger partial charge in [-0.25, -0.2) is 0 Å². The van der Waals surface area contributed by atoms with Crippen LogP contribution in [0.5, 0.6) is 0 Å². The van der Waals surface area contributed by atoms with Gasteiger partial charge in [-0.1, -0.05) is 26.7 Å². The molecule has 2 fully saturated rings. The molecule has 1 aliphatic carbocycles. The Hall–Kier alpha value is -1.30. The smallest absolute Gasteiger partial charge is 0.225 e. The van der Waals surface area contributed by atoms with Gasteiger partial charge in [0.15, 0.2) is 5.96 Å². The van der Waals surface area contributed by atoms with Crippen molar-refractivity contribution >= 4 is 11.9 Å². The summed E-state index contributed by atoms with van der Waals surface area (Å²) >= 11 is 0. The lowest BCUT2D eigenvalue weighted by molar-refractivity contribution is -0.134. The van der Waals surface area contributed by atoms with E-state index < -0.39 is 0 Å². The van der Waals surface area contributed by atoms with Crippen LogP contribution >= 0.6 is 0 Å². The van der Waals surface area contributed by atoms with E-state index in [1.54, 1.807) is 0 Å². The molecule has 0 aromatic rings. The molecule has 162 valence electrons. The summed E-state index contributed by atoms with van der Waals surface area (Å²) in [7, 11) is 0. The quantitative estimate of drug-likeness (QED) is 0.322. The Kier molecular flexibility index (Phi) is 10.7. The lowest BCUT2D eigenvalue weighted by atomic mass is 10.1. The van der Waals surface area contributed by atoms with Crippen LogP contribution in [0.15, 0.2) is 4.99 Å². The monoisotopic (exact) mass is 393 g/mol. The third kappa shape index (κ3) is 7.61. The zero-order chi connectivity index (χ0) is 20.2. The molecule has 1 atom stereocenters. The molecule has 6 heteroatoms. The highest BCUT2D eigenvalue weighted by Crippen LogP contribution is 2.27. The molecule has 6 nitrogen and oxygen atoms in total. The second-order valence-electron chi connectivity index (χ2n) is 8.35. The normalized spacial score (nSPS) is 20.9. The number of rotatable bonds is 11. The summed E-state index contributed by atoms with van der Waals surface area (Å²) in [4.78, 5) is 22.0. The molecular formula is C22H43N5O. The third-order valence-electron chi connectivity index (χ3n) is 5.87. The van der Waals surface area contributed by atoms with Gasteiger partial charge in [0.25, 0.3) is 0 Å². The summed E-state index contributed by atoms with van der Waals surface area (Å²) in [6, 6.07) is 0.319. The number of nitrogens with zero attached hydrogens (tertiary/aromatic N) is 3. The molecule has 1 aliphatic heterocycles. The Balaban J connectivity index is 1.75. The molecule has 1 unspecified atom stereocenters. The van der Waals surface area contributed by atoms with Gasteiger partial charge < -0.3 is 20.4 Å². The third-order valence-corrected chi connectivity index (χ3v) is 5.87. The highest BCUT2D eigenvalue weighted by molar-refractivity contribution is 5.81. The molecule has 1 saturated heterocycles. The molecule has 2 rings (SSSR count). The maximum Gasteiger partial charge on any atom is 0.225 e. The average Bonchev–Trinajstić information content (AvgIpc) is 3.37. The van der Waals surface area contributed by atoms with E-state index in [0.29, 0.717) is 11.9 Å². The molecular weight excluding hydrogens is 350 g/mol. The Morgan fingerprint density at radius 3 is 2.43 bits per heavy atom. The first-order valence-corrected chi connectivity index (χ1v) is 11.7. The Morgan fingerprint density at radius 2 is 1.79 bits per heavy atom. The number of carbonyl (C=O) groups is 1. The highest BCUT2D eigenvalue weighted by Gasteiger charge is 2.32. The molecule has 2 N–H and O–H groups in total. The van der Waals surface area contributed by atoms with Crippen LogP contribution in [-0.4, -0.2) is 73.5 Å². The van der Waals surface area contributed by atoms with Crippen LogP contribution in [0.4, 0.5) is 0 Å². The van der Waals surface area contributed by atoms with Crippen LogP contribution in [0.25, 0.3) is 0 Å². The van der Waals surface area contributed by atoms with Crippen LogP contribution in [-0.2, 0) is 4.79 Å². The van der Waals surface area contributed by atoms with Crippen LogP contribution in [0.2, 0.25) is 0 Å². The number of hydrogen-bond acceptors (Lipinski definition) is 3. The first-order valence-electron chi connectivity index (χ1n) is 11.7. The molecule has 1 saturated carbocycles. The highest BCUT2D eigenvalue weighted by atomic mass is 16.2. The van der Waals surface area contributed by atoms with Crippen molar-refractivity contribution in [1.82, 2.24) is 20.4 Å². The molecule has 28 heavy (non-hydrogen) atoms. The van der Waals surface area contributed by atoms with E-state index >= 15 is 0 Å². The van der Waals surface area contributed by atoms with E-state index in [-0.39, 0.29) is 5.92 Å². The van der Waals surface area contributed by atoms with Gasteiger partial charge in [-0.05, 0) is 65.1 Å². The minimum atomic E-state index is 0.287. The van der Waals surface area contributed by atoms with Crippen molar-refractivity contribution in [3.63, 3.8) is 0 Å². The molecule has 0 aromatic heterocycles. The average molecular weight is 394 g/mol. The van der Waals surface area contributed by atoms with E-state index in [4.69, 9.17) is 4.99 Å². The predicted molar refractivity (Wildman–Crippen MR) is 118 cm³/mol.